The first-order valence-corrected chi connectivity index (χ1v) is 40.5. The summed E-state index contributed by atoms with van der Waals surface area (Å²) < 4.78 is 183. The van der Waals surface area contributed by atoms with E-state index in [4.69, 9.17) is 57.1 Å². The van der Waals surface area contributed by atoms with E-state index in [-0.39, 0.29) is 67.5 Å². The smallest absolute Gasteiger partial charge is 0.537 e. The Hall–Kier alpha value is -10.4. The van der Waals surface area contributed by atoms with Crippen LogP contribution >= 0.6 is 84.8 Å². The molecule has 0 aliphatic rings. The number of fused-ring (bicyclic) bond motifs is 3. The number of anilines is 1. The largest absolute Gasteiger partial charge is 0.569 e. The highest BCUT2D eigenvalue weighted by atomic mass is 79.9. The van der Waals surface area contributed by atoms with Crippen molar-refractivity contribution in [2.75, 3.05) is 20.0 Å². The number of hydrogen-bond acceptors (Lipinski definition) is 21. The maximum atomic E-state index is 13.9. The van der Waals surface area contributed by atoms with Gasteiger partial charge in [0.15, 0.2) is 25.5 Å². The highest BCUT2D eigenvalue weighted by molar-refractivity contribution is 9.10. The molecule has 3 N–H and O–H groups in total. The lowest BCUT2D eigenvalue weighted by atomic mass is 10.0. The van der Waals surface area contributed by atoms with Crippen LogP contribution in [-0.4, -0.2) is 81.4 Å². The number of aryl methyl sites for hydroxylation is 3. The number of nitrogens with two attached hydrogens (primary N) is 1. The van der Waals surface area contributed by atoms with E-state index in [2.05, 4.69) is 56.0 Å². The van der Waals surface area contributed by atoms with Crippen molar-refractivity contribution < 1.29 is 84.1 Å². The quantitative estimate of drug-likeness (QED) is 0.0213. The predicted octanol–water partition coefficient (Wildman–Crippen LogP) is 16.8. The van der Waals surface area contributed by atoms with Gasteiger partial charge in [-0.15, -0.1) is 0 Å². The van der Waals surface area contributed by atoms with Gasteiger partial charge in [-0.05, 0) is 200 Å². The van der Waals surface area contributed by atoms with E-state index >= 15 is 0 Å². The minimum atomic E-state index is -5.03. The Kier molecular flexibility index (Phi) is 32.1. The van der Waals surface area contributed by atoms with E-state index in [1.165, 1.54) is 85.1 Å². The molecule has 0 aliphatic heterocycles. The van der Waals surface area contributed by atoms with Crippen LogP contribution in [0, 0.1) is 49.9 Å². The Morgan fingerprint density at radius 1 is 0.445 bits per heavy atom. The van der Waals surface area contributed by atoms with Gasteiger partial charge in [-0.3, -0.25) is 28.1 Å². The third-order valence-corrected chi connectivity index (χ3v) is 23.0. The van der Waals surface area contributed by atoms with Crippen LogP contribution in [0.15, 0.2) is 271 Å². The van der Waals surface area contributed by atoms with Crippen molar-refractivity contribution in [1.29, 1.82) is 0 Å². The lowest BCUT2D eigenvalue weighted by Crippen LogP contribution is -2.19. The lowest BCUT2D eigenvalue weighted by molar-refractivity contribution is 0.346. The van der Waals surface area contributed by atoms with Crippen molar-refractivity contribution in [3.8, 4) is 51.2 Å². The summed E-state index contributed by atoms with van der Waals surface area (Å²) in [5.41, 5.74) is 12.8. The second-order valence-corrected chi connectivity index (χ2v) is 33.1. The van der Waals surface area contributed by atoms with Gasteiger partial charge in [0.2, 0.25) is 34.8 Å². The number of aromatic nitrogens is 6. The van der Waals surface area contributed by atoms with E-state index in [1.807, 2.05) is 62.4 Å². The van der Waals surface area contributed by atoms with Crippen molar-refractivity contribution in [2.24, 2.45) is 0 Å². The molecular weight excluding hydrogens is 1840 g/mol. The number of rotatable bonds is 17. The standard InChI is InChI=1S/C27H21ClN2O5S.C22H11BrF5NO4S.C20H15BrN2O4S.C7H7BClO3.C3H4N2O.3H3P/c1-17-11-18(20-12-21(28)15-23(13-20)34-2)3-6-25(17)30-26-7-5-24(14-19(26)4-8-27(30)31)36(32,33)16-22-9-10-35-29-22;1-10-8-12(23)3-5-14(10)29-15-6-4-13(9-11(15)2-7-16(29)30)34(31,32)33-22-20(27)18(25)17(24)19(26)21(22)28;1-13-10-15(21)3-5-18(13)23-19-6-4-17(11-14(19)2-7-20(23)24)28(25,26)12-16-8-9-27-22-16;1-11-6-2-5(9)3-7(4-6)12-8-10;4-3-1-2-6-5-3;;;/h3-15H,16H2,1-2H3;2-9H,1H3;2-11H,12H2,1H3;2-4,10H,1H3;1-2H,(H2,4,5);3*1H3. The number of nitrogens with zero attached hydrogens (tertiary/aromatic N) is 6. The second kappa shape index (κ2) is 40.6. The van der Waals surface area contributed by atoms with E-state index in [1.54, 1.807) is 108 Å². The van der Waals surface area contributed by atoms with Crippen LogP contribution in [0.3, 0.4) is 0 Å². The fraction of sp³-hybridized carbons (Fsp3) is 0.0886. The van der Waals surface area contributed by atoms with Crippen molar-refractivity contribution >= 4 is 161 Å². The minimum absolute atomic E-state index is 0. The van der Waals surface area contributed by atoms with Gasteiger partial charge >= 0.3 is 17.8 Å². The Bertz CT molecular complexity index is 6770. The summed E-state index contributed by atoms with van der Waals surface area (Å²) in [7, 11) is -8.57. The SMILES string of the molecule is COc1cc(Cl)cc(-c2ccc(-n3c(=O)ccc4cc(S(=O)(=O)Cc5ccon5)ccc43)c(C)c2)c1.COc1cc(Cl)cc(O[B]O)c1.Cc1cc(Br)ccc1-n1c(=O)ccc2cc(S(=O)(=O)Cc3ccon3)ccc21.Cc1cc(Br)ccc1-n1c(=O)ccc2cc(S(=O)(=O)Oc3c(F)c(F)c(F)c(F)c3F)ccc21.Nc1ccon1.P.P.P. The molecule has 6 aromatic heterocycles. The molecule has 15 rings (SSSR count). The Morgan fingerprint density at radius 3 is 1.22 bits per heavy atom. The fourth-order valence-corrected chi connectivity index (χ4v) is 16.6. The van der Waals surface area contributed by atoms with Gasteiger partial charge in [0.25, 0.3) is 16.7 Å². The predicted molar refractivity (Wildman–Crippen MR) is 465 cm³/mol. The van der Waals surface area contributed by atoms with Crippen LogP contribution in [0.25, 0.3) is 60.9 Å². The molecule has 3 atom stereocenters. The van der Waals surface area contributed by atoms with Crippen LogP contribution in [0.4, 0.5) is 27.8 Å². The molecule has 3 unspecified atom stereocenters. The average Bonchev–Trinajstić information content (AvgIpc) is 1.25. The lowest BCUT2D eigenvalue weighted by Gasteiger charge is -2.15. The van der Waals surface area contributed by atoms with Crippen LogP contribution in [-0.2, 0) is 41.3 Å². The summed E-state index contributed by atoms with van der Waals surface area (Å²) in [5.74, 6) is -12.4. The van der Waals surface area contributed by atoms with Gasteiger partial charge in [-0.2, -0.15) is 46.9 Å². The zero-order valence-electron chi connectivity index (χ0n) is 62.8. The van der Waals surface area contributed by atoms with Crippen LogP contribution in [0.5, 0.6) is 23.0 Å². The molecule has 0 saturated heterocycles. The maximum Gasteiger partial charge on any atom is 0.569 e. The van der Waals surface area contributed by atoms with Gasteiger partial charge in [-0.25, -0.2) is 30.0 Å². The summed E-state index contributed by atoms with van der Waals surface area (Å²) in [4.78, 5) is 37.8. The molecule has 0 bridgehead atoms. The Morgan fingerprint density at radius 2 is 0.832 bits per heavy atom. The van der Waals surface area contributed by atoms with Crippen LogP contribution in [0.2, 0.25) is 10.0 Å². The third kappa shape index (κ3) is 22.4. The molecule has 15 aromatic rings. The first-order valence-electron chi connectivity index (χ1n) is 33.5. The van der Waals surface area contributed by atoms with Gasteiger partial charge in [0.05, 0.1) is 69.0 Å². The van der Waals surface area contributed by atoms with Crippen molar-refractivity contribution in [3.05, 3.63) is 326 Å². The number of sulfone groups is 2. The van der Waals surface area contributed by atoms with Crippen LogP contribution < -0.4 is 40.7 Å². The molecule has 0 spiro atoms. The van der Waals surface area contributed by atoms with Gasteiger partial charge in [0, 0.05) is 77.6 Å². The van der Waals surface area contributed by atoms with Gasteiger partial charge in [0.1, 0.15) is 52.4 Å². The number of nitrogen functional groups attached to an aromatic ring is 1. The molecule has 1 radical (unpaired) electrons. The molecule has 24 nitrogen and oxygen atoms in total. The Labute approximate surface area is 713 Å². The Balaban J connectivity index is 0.000000199. The van der Waals surface area contributed by atoms with Gasteiger partial charge < -0.3 is 42.6 Å². The zero-order valence-corrected chi connectivity index (χ0v) is 74.1. The number of benzene rings is 9. The first kappa shape index (κ1) is 94.1. The second-order valence-electron chi connectivity index (χ2n) is 24.8. The monoisotopic (exact) mass is 1910 g/mol. The molecular formula is C79H67BBr2Cl2F5N7O17P3S3. The molecule has 619 valence electrons. The third-order valence-electron chi connectivity index (χ3n) is 17.0. The summed E-state index contributed by atoms with van der Waals surface area (Å²) in [6.45, 7) is 5.60. The zero-order chi connectivity index (χ0) is 83.7. The summed E-state index contributed by atoms with van der Waals surface area (Å²) in [6.07, 6.45) is 4.10. The highest BCUT2D eigenvalue weighted by Crippen LogP contribution is 2.36. The molecule has 0 fully saturated rings. The number of pyridine rings is 3. The maximum absolute atomic E-state index is 13.9. The average molecular weight is 1910 g/mol. The van der Waals surface area contributed by atoms with E-state index in [9.17, 15) is 61.6 Å². The van der Waals surface area contributed by atoms with Crippen molar-refractivity contribution in [1.82, 2.24) is 29.2 Å². The first-order chi connectivity index (χ1) is 55.2. The highest BCUT2D eigenvalue weighted by Gasteiger charge is 2.32. The molecule has 40 heteroatoms. The van der Waals surface area contributed by atoms with Crippen molar-refractivity contribution in [2.45, 2.75) is 47.0 Å². The van der Waals surface area contributed by atoms with E-state index in [0.717, 1.165) is 54.6 Å². The summed E-state index contributed by atoms with van der Waals surface area (Å²) in [5, 5.41) is 21.6. The van der Waals surface area contributed by atoms with E-state index < -0.39 is 75.1 Å². The van der Waals surface area contributed by atoms with E-state index in [0.29, 0.717) is 90.9 Å². The van der Waals surface area contributed by atoms with Crippen LogP contribution in [0.1, 0.15) is 28.1 Å². The topological polar surface area (TPSA) is 330 Å². The number of methoxy groups -OCH3 is 2. The molecule has 9 aromatic carbocycles. The molecule has 0 amide bonds. The normalized spacial score (nSPS) is 11.0. The molecule has 119 heavy (non-hydrogen) atoms. The number of hydrogen-bond donors (Lipinski definition) is 2. The van der Waals surface area contributed by atoms with Gasteiger partial charge in [-0.1, -0.05) is 76.6 Å². The fourth-order valence-electron chi connectivity index (χ4n) is 11.6. The summed E-state index contributed by atoms with van der Waals surface area (Å²) in [6, 6.07) is 52.9. The molecule has 0 saturated carbocycles. The minimum Gasteiger partial charge on any atom is -0.537 e. The summed E-state index contributed by atoms with van der Waals surface area (Å²) >= 11 is 18.7. The number of ether oxygens (including phenoxy) is 2. The molecule has 0 aliphatic carbocycles. The molecule has 6 heterocycles. The van der Waals surface area contributed by atoms with Crippen molar-refractivity contribution in [3.63, 3.8) is 0 Å². The number of halogens is 9.